The number of thiazole rings is 1. The van der Waals surface area contributed by atoms with Crippen LogP contribution in [0, 0.1) is 11.8 Å². The molecule has 2 heterocycles. The van der Waals surface area contributed by atoms with E-state index in [0.717, 1.165) is 0 Å². The minimum Gasteiger partial charge on any atom is -0.478 e. The molecule has 0 saturated heterocycles. The lowest BCUT2D eigenvalue weighted by Gasteiger charge is -2.09. The second-order valence-electron chi connectivity index (χ2n) is 4.22. The first-order valence-corrected chi connectivity index (χ1v) is 7.10. The number of para-hydroxylation sites is 1. The van der Waals surface area contributed by atoms with Crippen molar-refractivity contribution in [2.75, 3.05) is 0 Å². The van der Waals surface area contributed by atoms with Crippen LogP contribution in [0.2, 0.25) is 0 Å². The number of aromatic nitrogens is 2. The third kappa shape index (κ3) is 2.71. The van der Waals surface area contributed by atoms with Crippen LogP contribution in [0.3, 0.4) is 0 Å². The van der Waals surface area contributed by atoms with Gasteiger partial charge in [-0.25, -0.2) is 9.78 Å². The Morgan fingerprint density at radius 3 is 2.67 bits per heavy atom. The first kappa shape index (κ1) is 13.2. The number of nitrogens with zero attached hydrogens (tertiary/aromatic N) is 2. The normalized spacial score (nSPS) is 9.90. The Labute approximate surface area is 125 Å². The molecule has 0 atom stereocenters. The monoisotopic (exact) mass is 294 g/mol. The molecule has 4 nitrogen and oxygen atoms in total. The van der Waals surface area contributed by atoms with Crippen LogP contribution in [0.5, 0.6) is 0 Å². The first-order valence-electron chi connectivity index (χ1n) is 6.15. The number of aromatic carboxylic acids is 1. The molecule has 21 heavy (non-hydrogen) atoms. The molecular weight excluding hydrogens is 284 g/mol. The minimum absolute atomic E-state index is 0.219. The number of carboxylic acid groups (broad SMARTS) is 1. The Kier molecular flexibility index (Phi) is 3.54. The average molecular weight is 294 g/mol. The highest BCUT2D eigenvalue weighted by Crippen LogP contribution is 2.20. The van der Waals surface area contributed by atoms with Gasteiger partial charge in [0.25, 0.3) is 0 Å². The van der Waals surface area contributed by atoms with E-state index in [-0.39, 0.29) is 5.56 Å². The maximum absolute atomic E-state index is 11.4. The lowest BCUT2D eigenvalue weighted by Crippen LogP contribution is -2.06. The van der Waals surface area contributed by atoms with Crippen LogP contribution in [-0.4, -0.2) is 20.6 Å². The summed E-state index contributed by atoms with van der Waals surface area (Å²) in [5.74, 6) is 4.99. The summed E-state index contributed by atoms with van der Waals surface area (Å²) in [5.41, 5.74) is 3.83. The van der Waals surface area contributed by atoms with Crippen LogP contribution < -0.4 is 0 Å². The van der Waals surface area contributed by atoms with Crippen molar-refractivity contribution in [3.8, 4) is 17.5 Å². The Balaban J connectivity index is 2.16. The largest absolute Gasteiger partial charge is 0.478 e. The van der Waals surface area contributed by atoms with Crippen LogP contribution >= 0.6 is 11.3 Å². The van der Waals surface area contributed by atoms with Crippen molar-refractivity contribution in [1.82, 2.24) is 9.55 Å². The molecular formula is C16H10N2O2S. The molecule has 0 bridgehead atoms. The maximum Gasteiger partial charge on any atom is 0.337 e. The maximum atomic E-state index is 11.4. The summed E-state index contributed by atoms with van der Waals surface area (Å²) in [4.78, 5) is 15.5. The number of rotatable bonds is 2. The average Bonchev–Trinajstić information content (AvgIpc) is 3.18. The molecule has 0 amide bonds. The van der Waals surface area contributed by atoms with Gasteiger partial charge in [-0.3, -0.25) is 0 Å². The summed E-state index contributed by atoms with van der Waals surface area (Å²) in [6.07, 6.45) is 3.60. The summed E-state index contributed by atoms with van der Waals surface area (Å²) >= 11 is 1.47. The predicted octanol–water partition coefficient (Wildman–Crippen LogP) is 3.03. The number of hydrogen-bond donors (Lipinski definition) is 1. The molecule has 3 aromatic rings. The third-order valence-corrected chi connectivity index (χ3v) is 3.47. The highest BCUT2D eigenvalue weighted by Gasteiger charge is 2.14. The van der Waals surface area contributed by atoms with Gasteiger partial charge in [0.2, 0.25) is 0 Å². The zero-order valence-corrected chi connectivity index (χ0v) is 11.7. The molecule has 0 spiro atoms. The zero-order chi connectivity index (χ0) is 14.7. The lowest BCUT2D eigenvalue weighted by molar-refractivity contribution is 0.0697. The van der Waals surface area contributed by atoms with Crippen molar-refractivity contribution in [3.05, 3.63) is 70.4 Å². The molecule has 5 heteroatoms. The van der Waals surface area contributed by atoms with Gasteiger partial charge in [-0.05, 0) is 30.2 Å². The Hall–Kier alpha value is -2.84. The van der Waals surface area contributed by atoms with Gasteiger partial charge in [-0.15, -0.1) is 11.3 Å². The minimum atomic E-state index is -0.976. The molecule has 3 rings (SSSR count). The fraction of sp³-hybridized carbons (Fsp3) is 0. The second-order valence-corrected chi connectivity index (χ2v) is 4.94. The molecule has 1 N–H and O–H groups in total. The summed E-state index contributed by atoms with van der Waals surface area (Å²) in [7, 11) is 0. The van der Waals surface area contributed by atoms with Gasteiger partial charge in [0.15, 0.2) is 0 Å². The van der Waals surface area contributed by atoms with Gasteiger partial charge in [-0.2, -0.15) is 0 Å². The summed E-state index contributed by atoms with van der Waals surface area (Å²) < 4.78 is 1.76. The van der Waals surface area contributed by atoms with Crippen molar-refractivity contribution in [3.63, 3.8) is 0 Å². The fourth-order valence-electron chi connectivity index (χ4n) is 1.98. The van der Waals surface area contributed by atoms with Gasteiger partial charge >= 0.3 is 5.97 Å². The van der Waals surface area contributed by atoms with Crippen molar-refractivity contribution in [2.24, 2.45) is 0 Å². The van der Waals surface area contributed by atoms with Crippen LogP contribution in [0.25, 0.3) is 5.69 Å². The molecule has 0 aliphatic carbocycles. The summed E-state index contributed by atoms with van der Waals surface area (Å²) in [6, 6.07) is 8.76. The standard InChI is InChI=1S/C16H10N2O2S/c19-16(20)14-5-3-4-12(6-7-13-10-21-11-17-13)15(14)18-8-1-2-9-18/h1-5,8-11H,(H,19,20). The van der Waals surface area contributed by atoms with Crippen LogP contribution in [0.1, 0.15) is 21.6 Å². The van der Waals surface area contributed by atoms with Gasteiger partial charge in [-0.1, -0.05) is 12.0 Å². The molecule has 2 aromatic heterocycles. The predicted molar refractivity (Wildman–Crippen MR) is 80.8 cm³/mol. The Morgan fingerprint density at radius 2 is 2.00 bits per heavy atom. The molecule has 0 radical (unpaired) electrons. The van der Waals surface area contributed by atoms with Gasteiger partial charge in [0.05, 0.1) is 16.8 Å². The highest BCUT2D eigenvalue weighted by atomic mass is 32.1. The van der Waals surface area contributed by atoms with E-state index in [1.165, 1.54) is 11.3 Å². The molecule has 0 aliphatic rings. The van der Waals surface area contributed by atoms with E-state index in [0.29, 0.717) is 16.9 Å². The SMILES string of the molecule is O=C(O)c1cccc(C#Cc2cscn2)c1-n1cccc1. The number of hydrogen-bond acceptors (Lipinski definition) is 3. The molecule has 0 fully saturated rings. The molecule has 0 saturated carbocycles. The van der Waals surface area contributed by atoms with Crippen LogP contribution in [-0.2, 0) is 0 Å². The quantitative estimate of drug-likeness (QED) is 0.739. The first-order chi connectivity index (χ1) is 10.3. The molecule has 102 valence electrons. The summed E-state index contributed by atoms with van der Waals surface area (Å²) in [5, 5.41) is 11.2. The van der Waals surface area contributed by atoms with E-state index in [1.54, 1.807) is 40.7 Å². The van der Waals surface area contributed by atoms with Crippen molar-refractivity contribution in [1.29, 1.82) is 0 Å². The Morgan fingerprint density at radius 1 is 1.19 bits per heavy atom. The zero-order valence-electron chi connectivity index (χ0n) is 10.9. The van der Waals surface area contributed by atoms with E-state index in [9.17, 15) is 9.90 Å². The van der Waals surface area contributed by atoms with Gasteiger partial charge in [0, 0.05) is 23.3 Å². The molecule has 0 unspecified atom stereocenters. The van der Waals surface area contributed by atoms with E-state index in [1.807, 2.05) is 17.5 Å². The number of carbonyl (C=O) groups is 1. The Bertz CT molecular complexity index is 825. The topological polar surface area (TPSA) is 55.1 Å². The highest BCUT2D eigenvalue weighted by molar-refractivity contribution is 7.07. The number of carboxylic acids is 1. The smallest absolute Gasteiger partial charge is 0.337 e. The number of benzene rings is 1. The van der Waals surface area contributed by atoms with Crippen LogP contribution in [0.15, 0.2) is 53.6 Å². The second kappa shape index (κ2) is 5.65. The summed E-state index contributed by atoms with van der Waals surface area (Å²) in [6.45, 7) is 0. The fourth-order valence-corrected chi connectivity index (χ4v) is 2.47. The van der Waals surface area contributed by atoms with Gasteiger partial charge < -0.3 is 9.67 Å². The van der Waals surface area contributed by atoms with E-state index < -0.39 is 5.97 Å². The third-order valence-electron chi connectivity index (χ3n) is 2.89. The van der Waals surface area contributed by atoms with Crippen molar-refractivity contribution in [2.45, 2.75) is 0 Å². The van der Waals surface area contributed by atoms with Crippen LogP contribution in [0.4, 0.5) is 0 Å². The van der Waals surface area contributed by atoms with E-state index >= 15 is 0 Å². The molecule has 1 aromatic carbocycles. The van der Waals surface area contributed by atoms with Gasteiger partial charge in [0.1, 0.15) is 5.69 Å². The van der Waals surface area contributed by atoms with Crippen molar-refractivity contribution >= 4 is 17.3 Å². The molecule has 0 aliphatic heterocycles. The van der Waals surface area contributed by atoms with E-state index in [2.05, 4.69) is 16.8 Å². The lowest BCUT2D eigenvalue weighted by atomic mass is 10.1. The van der Waals surface area contributed by atoms with E-state index in [4.69, 9.17) is 0 Å². The van der Waals surface area contributed by atoms with Crippen molar-refractivity contribution < 1.29 is 9.90 Å².